The molecule has 0 aliphatic heterocycles. The highest BCUT2D eigenvalue weighted by molar-refractivity contribution is 9.10. The van der Waals surface area contributed by atoms with Gasteiger partial charge in [0.1, 0.15) is 5.75 Å². The molecule has 5 nitrogen and oxygen atoms in total. The largest absolute Gasteiger partial charge is 0.507 e. The van der Waals surface area contributed by atoms with Crippen LogP contribution in [0.1, 0.15) is 11.1 Å². The first-order chi connectivity index (χ1) is 9.77. The number of hydrogen-bond donors (Lipinski definition) is 2. The molecule has 0 radical (unpaired) electrons. The van der Waals surface area contributed by atoms with E-state index < -0.39 is 10.0 Å². The molecular formula is C14H13BrN2O3S. The lowest BCUT2D eigenvalue weighted by atomic mass is 10.2. The molecule has 2 aromatic rings. The molecule has 2 rings (SSSR count). The Kier molecular flexibility index (Phi) is 4.46. The van der Waals surface area contributed by atoms with E-state index in [1.165, 1.54) is 18.3 Å². The Balaban J connectivity index is 2.40. The number of aromatic hydroxyl groups is 1. The van der Waals surface area contributed by atoms with Crippen molar-refractivity contribution in [2.45, 2.75) is 11.8 Å². The number of phenols is 1. The maximum Gasteiger partial charge on any atom is 0.238 e. The molecule has 2 aromatic carbocycles. The monoisotopic (exact) mass is 368 g/mol. The van der Waals surface area contributed by atoms with E-state index >= 15 is 0 Å². The standard InChI is InChI=1S/C14H13BrN2O3S/c1-9-2-4-12(7-14(9)21(16,19)20)17-8-10-6-11(15)3-5-13(10)18/h2-8,18H,1H3,(H2,16,19,20). The molecule has 0 aliphatic rings. The third kappa shape index (κ3) is 3.90. The molecule has 7 heteroatoms. The lowest BCUT2D eigenvalue weighted by Crippen LogP contribution is -2.13. The van der Waals surface area contributed by atoms with Crippen molar-refractivity contribution in [1.29, 1.82) is 0 Å². The number of aryl methyl sites for hydroxylation is 1. The third-order valence-corrected chi connectivity index (χ3v) is 4.37. The fourth-order valence-electron chi connectivity index (χ4n) is 1.75. The van der Waals surface area contributed by atoms with E-state index in [9.17, 15) is 13.5 Å². The number of hydrogen-bond acceptors (Lipinski definition) is 4. The van der Waals surface area contributed by atoms with E-state index in [0.717, 1.165) is 4.47 Å². The van der Waals surface area contributed by atoms with Gasteiger partial charge in [-0.1, -0.05) is 22.0 Å². The minimum Gasteiger partial charge on any atom is -0.507 e. The predicted octanol–water partition coefficient (Wildman–Crippen LogP) is 2.86. The van der Waals surface area contributed by atoms with Crippen LogP contribution in [0, 0.1) is 6.92 Å². The van der Waals surface area contributed by atoms with E-state index in [0.29, 0.717) is 16.8 Å². The Morgan fingerprint density at radius 2 is 1.95 bits per heavy atom. The molecule has 0 fully saturated rings. The van der Waals surface area contributed by atoms with E-state index in [-0.39, 0.29) is 10.6 Å². The first-order valence-corrected chi connectivity index (χ1v) is 8.27. The van der Waals surface area contributed by atoms with Crippen LogP contribution in [0.4, 0.5) is 5.69 Å². The number of benzene rings is 2. The van der Waals surface area contributed by atoms with Crippen molar-refractivity contribution in [2.75, 3.05) is 0 Å². The van der Waals surface area contributed by atoms with Crippen LogP contribution >= 0.6 is 15.9 Å². The zero-order chi connectivity index (χ0) is 15.6. The smallest absolute Gasteiger partial charge is 0.238 e. The highest BCUT2D eigenvalue weighted by atomic mass is 79.9. The van der Waals surface area contributed by atoms with E-state index in [4.69, 9.17) is 5.14 Å². The molecule has 0 unspecified atom stereocenters. The highest BCUT2D eigenvalue weighted by Gasteiger charge is 2.11. The Labute approximate surface area is 131 Å². The summed E-state index contributed by atoms with van der Waals surface area (Å²) in [6.45, 7) is 1.66. The first-order valence-electron chi connectivity index (χ1n) is 5.93. The van der Waals surface area contributed by atoms with Crippen molar-refractivity contribution >= 4 is 37.9 Å². The van der Waals surface area contributed by atoms with E-state index in [1.807, 2.05) is 0 Å². The molecule has 0 heterocycles. The van der Waals surface area contributed by atoms with Crippen molar-refractivity contribution in [3.8, 4) is 5.75 Å². The van der Waals surface area contributed by atoms with Crippen molar-refractivity contribution in [2.24, 2.45) is 10.1 Å². The number of aliphatic imine (C=N–C) groups is 1. The predicted molar refractivity (Wildman–Crippen MR) is 85.6 cm³/mol. The van der Waals surface area contributed by atoms with Gasteiger partial charge in [-0.2, -0.15) is 0 Å². The Morgan fingerprint density at radius 3 is 2.62 bits per heavy atom. The lowest BCUT2D eigenvalue weighted by Gasteiger charge is -2.04. The van der Waals surface area contributed by atoms with E-state index in [2.05, 4.69) is 20.9 Å². The van der Waals surface area contributed by atoms with Crippen molar-refractivity contribution in [1.82, 2.24) is 0 Å². The summed E-state index contributed by atoms with van der Waals surface area (Å²) in [6, 6.07) is 9.65. The molecule has 0 aromatic heterocycles. The van der Waals surface area contributed by atoms with E-state index in [1.54, 1.807) is 31.2 Å². The van der Waals surface area contributed by atoms with Gasteiger partial charge in [0.05, 0.1) is 10.6 Å². The number of phenolic OH excluding ortho intramolecular Hbond substituents is 1. The molecule has 0 atom stereocenters. The zero-order valence-electron chi connectivity index (χ0n) is 11.1. The second-order valence-corrected chi connectivity index (χ2v) is 6.90. The minimum atomic E-state index is -3.78. The number of rotatable bonds is 3. The summed E-state index contributed by atoms with van der Waals surface area (Å²) in [6.07, 6.45) is 1.46. The van der Waals surface area contributed by atoms with Gasteiger partial charge < -0.3 is 5.11 Å². The summed E-state index contributed by atoms with van der Waals surface area (Å²) < 4.78 is 23.7. The Hall–Kier alpha value is -1.70. The lowest BCUT2D eigenvalue weighted by molar-refractivity contribution is 0.474. The number of primary sulfonamides is 1. The molecule has 0 bridgehead atoms. The van der Waals surface area contributed by atoms with Gasteiger partial charge in [-0.25, -0.2) is 13.6 Å². The van der Waals surface area contributed by atoms with Crippen LogP contribution in [0.3, 0.4) is 0 Å². The van der Waals surface area contributed by atoms with Gasteiger partial charge in [0.2, 0.25) is 10.0 Å². The molecule has 0 saturated heterocycles. The van der Waals surface area contributed by atoms with Crippen molar-refractivity contribution in [3.63, 3.8) is 0 Å². The minimum absolute atomic E-state index is 0.0376. The number of halogens is 1. The fraction of sp³-hybridized carbons (Fsp3) is 0.0714. The summed E-state index contributed by atoms with van der Waals surface area (Å²) >= 11 is 3.30. The number of sulfonamides is 1. The molecule has 0 saturated carbocycles. The summed E-state index contributed by atoms with van der Waals surface area (Å²) in [4.78, 5) is 4.21. The molecule has 0 spiro atoms. The Morgan fingerprint density at radius 1 is 1.24 bits per heavy atom. The van der Waals surface area contributed by atoms with Crippen LogP contribution in [0.5, 0.6) is 5.75 Å². The van der Waals surface area contributed by atoms with Gasteiger partial charge in [0.15, 0.2) is 0 Å². The second-order valence-electron chi connectivity index (χ2n) is 4.46. The average Bonchev–Trinajstić information content (AvgIpc) is 2.40. The topological polar surface area (TPSA) is 92.8 Å². The van der Waals surface area contributed by atoms with Crippen LogP contribution in [0.15, 0.2) is 50.8 Å². The summed E-state index contributed by atoms with van der Waals surface area (Å²) in [5.41, 5.74) is 1.51. The van der Waals surface area contributed by atoms with Crippen molar-refractivity contribution < 1.29 is 13.5 Å². The normalized spacial score (nSPS) is 12.0. The maximum absolute atomic E-state index is 11.5. The van der Waals surface area contributed by atoms with Gasteiger partial charge in [-0.15, -0.1) is 0 Å². The number of nitrogens with zero attached hydrogens (tertiary/aromatic N) is 1. The summed E-state index contributed by atoms with van der Waals surface area (Å²) in [5.74, 6) is 0.0840. The van der Waals surface area contributed by atoms with Crippen molar-refractivity contribution in [3.05, 3.63) is 52.0 Å². The van der Waals surface area contributed by atoms with Crippen LogP contribution in [0.25, 0.3) is 0 Å². The Bertz CT molecular complexity index is 817. The average molecular weight is 369 g/mol. The van der Waals surface area contributed by atoms with Gasteiger partial charge in [-0.3, -0.25) is 4.99 Å². The SMILES string of the molecule is Cc1ccc(N=Cc2cc(Br)ccc2O)cc1S(N)(=O)=O. The van der Waals surface area contributed by atoms with Gasteiger partial charge in [-0.05, 0) is 42.8 Å². The van der Waals surface area contributed by atoms with Gasteiger partial charge >= 0.3 is 0 Å². The third-order valence-electron chi connectivity index (χ3n) is 2.82. The summed E-state index contributed by atoms with van der Waals surface area (Å²) in [5, 5.41) is 14.9. The van der Waals surface area contributed by atoms with Crippen LogP contribution in [0.2, 0.25) is 0 Å². The summed E-state index contributed by atoms with van der Waals surface area (Å²) in [7, 11) is -3.78. The molecule has 0 amide bonds. The first kappa shape index (κ1) is 15.7. The second kappa shape index (κ2) is 5.97. The molecule has 21 heavy (non-hydrogen) atoms. The zero-order valence-corrected chi connectivity index (χ0v) is 13.5. The number of nitrogens with two attached hydrogens (primary N) is 1. The van der Waals surface area contributed by atoms with Crippen LogP contribution in [-0.2, 0) is 10.0 Å². The maximum atomic E-state index is 11.5. The van der Waals surface area contributed by atoms with Gasteiger partial charge in [0.25, 0.3) is 0 Å². The van der Waals surface area contributed by atoms with Crippen LogP contribution in [-0.4, -0.2) is 19.7 Å². The van der Waals surface area contributed by atoms with Crippen LogP contribution < -0.4 is 5.14 Å². The highest BCUT2D eigenvalue weighted by Crippen LogP contribution is 2.23. The molecule has 3 N–H and O–H groups in total. The molecule has 110 valence electrons. The van der Waals surface area contributed by atoms with Gasteiger partial charge in [0, 0.05) is 16.3 Å². The quantitative estimate of drug-likeness (QED) is 0.815. The fourth-order valence-corrected chi connectivity index (χ4v) is 2.93. The molecule has 0 aliphatic carbocycles. The molecular weight excluding hydrogens is 356 g/mol.